The first-order valence-corrected chi connectivity index (χ1v) is 8.23. The molecule has 0 fully saturated rings. The molecular formula is C20H26O2. The predicted octanol–water partition coefficient (Wildman–Crippen LogP) is 5.53. The molecule has 0 radical (unpaired) electrons. The molecule has 118 valence electrons. The van der Waals surface area contributed by atoms with Gasteiger partial charge in [-0.25, -0.2) is 0 Å². The molecule has 0 bridgehead atoms. The number of unbranched alkanes of at least 4 members (excludes halogenated alkanes) is 3. The van der Waals surface area contributed by atoms with E-state index in [1.807, 2.05) is 6.07 Å². The minimum atomic E-state index is 0.221. The molecule has 2 aromatic carbocycles. The van der Waals surface area contributed by atoms with Gasteiger partial charge in [-0.3, -0.25) is 0 Å². The lowest BCUT2D eigenvalue weighted by Crippen LogP contribution is -1.98. The summed E-state index contributed by atoms with van der Waals surface area (Å²) in [6.07, 6.45) is 5.95. The summed E-state index contributed by atoms with van der Waals surface area (Å²) in [5, 5.41) is 9.60. The van der Waals surface area contributed by atoms with Crippen molar-refractivity contribution in [2.75, 3.05) is 6.61 Å². The lowest BCUT2D eigenvalue weighted by atomic mass is 9.95. The summed E-state index contributed by atoms with van der Waals surface area (Å²) in [5.74, 6) is 1.44. The molecule has 0 amide bonds. The molecule has 0 saturated carbocycles. The number of phenols is 1. The van der Waals surface area contributed by atoms with Gasteiger partial charge in [0.2, 0.25) is 0 Å². The number of hydrogen-bond acceptors (Lipinski definition) is 2. The zero-order chi connectivity index (χ0) is 15.6. The average Bonchev–Trinajstić information content (AvgIpc) is 2.56. The van der Waals surface area contributed by atoms with E-state index in [0.717, 1.165) is 6.42 Å². The van der Waals surface area contributed by atoms with Crippen molar-refractivity contribution in [3.05, 3.63) is 60.2 Å². The quantitative estimate of drug-likeness (QED) is 0.617. The predicted molar refractivity (Wildman–Crippen MR) is 91.5 cm³/mol. The Hall–Kier alpha value is -1.96. The molecule has 0 aliphatic rings. The Bertz CT molecular complexity index is 536. The van der Waals surface area contributed by atoms with Crippen LogP contribution in [-0.2, 0) is 0 Å². The fraction of sp³-hybridized carbons (Fsp3) is 0.400. The van der Waals surface area contributed by atoms with E-state index in [1.54, 1.807) is 18.2 Å². The number of aromatic hydroxyl groups is 1. The van der Waals surface area contributed by atoms with Crippen molar-refractivity contribution in [3.63, 3.8) is 0 Å². The Kier molecular flexibility index (Phi) is 6.82. The number of hydrogen-bond donors (Lipinski definition) is 1. The van der Waals surface area contributed by atoms with E-state index in [0.29, 0.717) is 18.3 Å². The normalized spacial score (nSPS) is 12.0. The fourth-order valence-electron chi connectivity index (χ4n) is 2.62. The van der Waals surface area contributed by atoms with Gasteiger partial charge in [-0.2, -0.15) is 0 Å². The third kappa shape index (κ3) is 5.44. The smallest absolute Gasteiger partial charge is 0.160 e. The van der Waals surface area contributed by atoms with Crippen LogP contribution >= 0.6 is 0 Å². The second-order valence-electron chi connectivity index (χ2n) is 5.83. The molecule has 0 aliphatic carbocycles. The van der Waals surface area contributed by atoms with Crippen LogP contribution in [0.2, 0.25) is 0 Å². The second kappa shape index (κ2) is 9.14. The molecule has 1 N–H and O–H groups in total. The average molecular weight is 298 g/mol. The monoisotopic (exact) mass is 298 g/mol. The van der Waals surface area contributed by atoms with Crippen LogP contribution in [0.1, 0.15) is 50.5 Å². The highest BCUT2D eigenvalue weighted by atomic mass is 16.5. The van der Waals surface area contributed by atoms with Crippen LogP contribution in [0, 0.1) is 0 Å². The van der Waals surface area contributed by atoms with Crippen LogP contribution < -0.4 is 4.74 Å². The molecule has 0 spiro atoms. The molecule has 2 heteroatoms. The van der Waals surface area contributed by atoms with Crippen LogP contribution in [-0.4, -0.2) is 11.7 Å². The molecule has 0 aliphatic heterocycles. The van der Waals surface area contributed by atoms with Crippen molar-refractivity contribution in [3.8, 4) is 11.5 Å². The maximum atomic E-state index is 9.60. The molecule has 1 unspecified atom stereocenters. The summed E-state index contributed by atoms with van der Waals surface area (Å²) in [6.45, 7) is 2.97. The van der Waals surface area contributed by atoms with Crippen molar-refractivity contribution in [1.82, 2.24) is 0 Å². The van der Waals surface area contributed by atoms with Crippen molar-refractivity contribution >= 4 is 0 Å². The maximum Gasteiger partial charge on any atom is 0.160 e. The van der Waals surface area contributed by atoms with E-state index in [2.05, 4.69) is 37.3 Å². The van der Waals surface area contributed by atoms with Crippen molar-refractivity contribution in [2.24, 2.45) is 0 Å². The summed E-state index contributed by atoms with van der Waals surface area (Å²) in [4.78, 5) is 0. The molecule has 0 saturated heterocycles. The zero-order valence-electron chi connectivity index (χ0n) is 13.4. The molecule has 0 aromatic heterocycles. The molecule has 2 rings (SSSR count). The van der Waals surface area contributed by atoms with E-state index in [4.69, 9.17) is 4.74 Å². The Morgan fingerprint density at radius 2 is 1.55 bits per heavy atom. The minimum absolute atomic E-state index is 0.221. The summed E-state index contributed by atoms with van der Waals surface area (Å²) < 4.78 is 5.58. The molecule has 1 atom stereocenters. The van der Waals surface area contributed by atoms with Crippen molar-refractivity contribution in [2.45, 2.75) is 44.9 Å². The van der Waals surface area contributed by atoms with Crippen LogP contribution in [0.15, 0.2) is 54.6 Å². The second-order valence-corrected chi connectivity index (χ2v) is 5.83. The van der Waals surface area contributed by atoms with Gasteiger partial charge in [-0.1, -0.05) is 68.7 Å². The first-order chi connectivity index (χ1) is 10.8. The topological polar surface area (TPSA) is 29.5 Å². The lowest BCUT2D eigenvalue weighted by Gasteiger charge is -2.11. The highest BCUT2D eigenvalue weighted by Gasteiger charge is 2.04. The molecule has 2 aromatic rings. The highest BCUT2D eigenvalue weighted by molar-refractivity contribution is 5.37. The first kappa shape index (κ1) is 16.4. The Balaban J connectivity index is 1.54. The Morgan fingerprint density at radius 3 is 2.32 bits per heavy atom. The van der Waals surface area contributed by atoms with E-state index >= 15 is 0 Å². The van der Waals surface area contributed by atoms with Crippen molar-refractivity contribution < 1.29 is 9.84 Å². The van der Waals surface area contributed by atoms with E-state index < -0.39 is 0 Å². The van der Waals surface area contributed by atoms with Gasteiger partial charge >= 0.3 is 0 Å². The van der Waals surface area contributed by atoms with Crippen LogP contribution in [0.3, 0.4) is 0 Å². The zero-order valence-corrected chi connectivity index (χ0v) is 13.4. The SMILES string of the molecule is CC(CCCCCCOc1ccccc1O)c1ccccc1. The van der Waals surface area contributed by atoms with Crippen molar-refractivity contribution in [1.29, 1.82) is 0 Å². The summed E-state index contributed by atoms with van der Waals surface area (Å²) in [5.41, 5.74) is 1.44. The molecule has 22 heavy (non-hydrogen) atoms. The Labute approximate surface area is 133 Å². The van der Waals surface area contributed by atoms with Gasteiger partial charge in [0.1, 0.15) is 0 Å². The summed E-state index contributed by atoms with van der Waals surface area (Å²) in [6, 6.07) is 17.9. The third-order valence-electron chi connectivity index (χ3n) is 4.02. The van der Waals surface area contributed by atoms with Crippen LogP contribution in [0.5, 0.6) is 11.5 Å². The summed E-state index contributed by atoms with van der Waals surface area (Å²) >= 11 is 0. The maximum absolute atomic E-state index is 9.60. The van der Waals surface area contributed by atoms with Gasteiger partial charge in [0.25, 0.3) is 0 Å². The van der Waals surface area contributed by atoms with Crippen LogP contribution in [0.4, 0.5) is 0 Å². The molecule has 0 heterocycles. The number of benzene rings is 2. The largest absolute Gasteiger partial charge is 0.504 e. The van der Waals surface area contributed by atoms with Gasteiger partial charge in [0, 0.05) is 0 Å². The van der Waals surface area contributed by atoms with Gasteiger partial charge < -0.3 is 9.84 Å². The lowest BCUT2D eigenvalue weighted by molar-refractivity contribution is 0.288. The van der Waals surface area contributed by atoms with Crippen LogP contribution in [0.25, 0.3) is 0 Å². The standard InChI is InChI=1S/C20H26O2/c1-17(18-12-6-4-7-13-18)11-5-2-3-10-16-22-20-15-9-8-14-19(20)21/h4,6-9,12-15,17,21H,2-3,5,10-11,16H2,1H3. The van der Waals surface area contributed by atoms with E-state index in [-0.39, 0.29) is 5.75 Å². The number of phenolic OH excluding ortho intramolecular Hbond substituents is 1. The fourth-order valence-corrected chi connectivity index (χ4v) is 2.62. The Morgan fingerprint density at radius 1 is 0.864 bits per heavy atom. The van der Waals surface area contributed by atoms with E-state index in [9.17, 15) is 5.11 Å². The summed E-state index contributed by atoms with van der Waals surface area (Å²) in [7, 11) is 0. The number of rotatable bonds is 9. The molecular weight excluding hydrogens is 272 g/mol. The highest BCUT2D eigenvalue weighted by Crippen LogP contribution is 2.25. The third-order valence-corrected chi connectivity index (χ3v) is 4.02. The van der Waals surface area contributed by atoms with Gasteiger partial charge in [-0.05, 0) is 36.5 Å². The van der Waals surface area contributed by atoms with Gasteiger partial charge in [-0.15, -0.1) is 0 Å². The number of ether oxygens (including phenoxy) is 1. The first-order valence-electron chi connectivity index (χ1n) is 8.23. The minimum Gasteiger partial charge on any atom is -0.504 e. The van der Waals surface area contributed by atoms with Gasteiger partial charge in [0.15, 0.2) is 11.5 Å². The van der Waals surface area contributed by atoms with Gasteiger partial charge in [0.05, 0.1) is 6.61 Å². The molecule has 2 nitrogen and oxygen atoms in total. The number of para-hydroxylation sites is 2. The van der Waals surface area contributed by atoms with E-state index in [1.165, 1.54) is 31.2 Å².